The topological polar surface area (TPSA) is 69.6 Å². The van der Waals surface area contributed by atoms with Gasteiger partial charge in [0.15, 0.2) is 0 Å². The number of carbonyl (C=O) groups is 2. The maximum absolute atomic E-state index is 11.9. The van der Waals surface area contributed by atoms with Gasteiger partial charge in [-0.15, -0.1) is 0 Å². The number of carboxylic acids is 1. The third kappa shape index (κ3) is 7.27. The van der Waals surface area contributed by atoms with Crippen molar-refractivity contribution in [1.29, 1.82) is 0 Å². The summed E-state index contributed by atoms with van der Waals surface area (Å²) in [6.45, 7) is 6.54. The number of likely N-dealkylation sites (N-methyl/N-ethyl adjacent to an activating group) is 1. The summed E-state index contributed by atoms with van der Waals surface area (Å²) in [5, 5.41) is 11.5. The van der Waals surface area contributed by atoms with E-state index in [1.165, 1.54) is 0 Å². The molecule has 2 unspecified atom stereocenters. The largest absolute Gasteiger partial charge is 0.481 e. The van der Waals surface area contributed by atoms with Crippen molar-refractivity contribution in [3.05, 3.63) is 0 Å². The average Bonchev–Trinajstić information content (AvgIpc) is 2.27. The molecule has 5 heteroatoms. The van der Waals surface area contributed by atoms with Crippen LogP contribution in [0.4, 0.5) is 0 Å². The summed E-state index contributed by atoms with van der Waals surface area (Å²) < 4.78 is 0. The second-order valence-corrected chi connectivity index (χ2v) is 4.85. The first-order valence-corrected chi connectivity index (χ1v) is 6.60. The Labute approximate surface area is 110 Å². The van der Waals surface area contributed by atoms with Gasteiger partial charge in [0.25, 0.3) is 0 Å². The van der Waals surface area contributed by atoms with Gasteiger partial charge in [0.05, 0.1) is 6.04 Å². The predicted molar refractivity (Wildman–Crippen MR) is 71.5 cm³/mol. The molecule has 0 heterocycles. The van der Waals surface area contributed by atoms with Gasteiger partial charge in [-0.1, -0.05) is 13.3 Å². The number of nitrogens with one attached hydrogen (secondary N) is 1. The Morgan fingerprint density at radius 1 is 1.33 bits per heavy atom. The average molecular weight is 258 g/mol. The van der Waals surface area contributed by atoms with Crippen LogP contribution >= 0.6 is 0 Å². The van der Waals surface area contributed by atoms with Crippen LogP contribution in [-0.2, 0) is 9.59 Å². The molecular weight excluding hydrogens is 232 g/mol. The van der Waals surface area contributed by atoms with Crippen LogP contribution in [0.3, 0.4) is 0 Å². The Hall–Kier alpha value is -1.10. The van der Waals surface area contributed by atoms with Gasteiger partial charge in [0, 0.05) is 12.5 Å². The number of rotatable bonds is 9. The highest BCUT2D eigenvalue weighted by Crippen LogP contribution is 2.02. The van der Waals surface area contributed by atoms with E-state index in [-0.39, 0.29) is 24.4 Å². The number of carbonyl (C=O) groups excluding carboxylic acids is 1. The van der Waals surface area contributed by atoms with Gasteiger partial charge in [-0.25, -0.2) is 0 Å². The standard InChI is InChI=1S/C13H26N2O3/c1-5-7-10(2)14-13(18)11(3)15(4)9-6-8-12(16)17/h10-11H,5-9H2,1-4H3,(H,14,18)(H,16,17). The molecule has 0 saturated carbocycles. The fourth-order valence-electron chi connectivity index (χ4n) is 1.74. The van der Waals surface area contributed by atoms with Gasteiger partial charge in [0.1, 0.15) is 0 Å². The first kappa shape index (κ1) is 16.9. The van der Waals surface area contributed by atoms with Crippen molar-refractivity contribution in [3.8, 4) is 0 Å². The maximum Gasteiger partial charge on any atom is 0.303 e. The van der Waals surface area contributed by atoms with Crippen molar-refractivity contribution in [1.82, 2.24) is 10.2 Å². The molecule has 5 nitrogen and oxygen atoms in total. The summed E-state index contributed by atoms with van der Waals surface area (Å²) in [6, 6.07) is -0.0320. The van der Waals surface area contributed by atoms with E-state index in [2.05, 4.69) is 12.2 Å². The van der Waals surface area contributed by atoms with Gasteiger partial charge >= 0.3 is 5.97 Å². The van der Waals surface area contributed by atoms with Crippen LogP contribution in [0.15, 0.2) is 0 Å². The lowest BCUT2D eigenvalue weighted by molar-refractivity contribution is -0.137. The van der Waals surface area contributed by atoms with E-state index in [1.807, 2.05) is 25.8 Å². The Morgan fingerprint density at radius 3 is 2.44 bits per heavy atom. The van der Waals surface area contributed by atoms with Gasteiger partial charge in [-0.3, -0.25) is 14.5 Å². The molecule has 18 heavy (non-hydrogen) atoms. The highest BCUT2D eigenvalue weighted by Gasteiger charge is 2.19. The molecule has 2 atom stereocenters. The lowest BCUT2D eigenvalue weighted by Crippen LogP contribution is -2.46. The lowest BCUT2D eigenvalue weighted by Gasteiger charge is -2.25. The van der Waals surface area contributed by atoms with Crippen LogP contribution in [-0.4, -0.2) is 47.6 Å². The number of carboxylic acid groups (broad SMARTS) is 1. The molecule has 0 fully saturated rings. The van der Waals surface area contributed by atoms with Gasteiger partial charge in [0.2, 0.25) is 5.91 Å². The molecular formula is C13H26N2O3. The number of nitrogens with zero attached hydrogens (tertiary/aromatic N) is 1. The van der Waals surface area contributed by atoms with E-state index in [0.717, 1.165) is 12.8 Å². The molecule has 0 aliphatic carbocycles. The molecule has 0 aromatic rings. The summed E-state index contributed by atoms with van der Waals surface area (Å²) in [5.41, 5.74) is 0. The third-order valence-corrected chi connectivity index (χ3v) is 3.05. The van der Waals surface area contributed by atoms with Crippen molar-refractivity contribution in [2.75, 3.05) is 13.6 Å². The molecule has 0 aromatic carbocycles. The second-order valence-electron chi connectivity index (χ2n) is 4.85. The molecule has 1 amide bonds. The molecule has 106 valence electrons. The number of hydrogen-bond acceptors (Lipinski definition) is 3. The highest BCUT2D eigenvalue weighted by atomic mass is 16.4. The third-order valence-electron chi connectivity index (χ3n) is 3.05. The van der Waals surface area contributed by atoms with Crippen molar-refractivity contribution >= 4 is 11.9 Å². The summed E-state index contributed by atoms with van der Waals surface area (Å²) in [7, 11) is 1.84. The molecule has 0 rings (SSSR count). The Morgan fingerprint density at radius 2 is 1.94 bits per heavy atom. The molecule has 0 aliphatic heterocycles. The fraction of sp³-hybridized carbons (Fsp3) is 0.846. The van der Waals surface area contributed by atoms with E-state index in [0.29, 0.717) is 13.0 Å². The fourth-order valence-corrected chi connectivity index (χ4v) is 1.74. The zero-order chi connectivity index (χ0) is 14.1. The lowest BCUT2D eigenvalue weighted by atomic mass is 10.1. The molecule has 2 N–H and O–H groups in total. The quantitative estimate of drug-likeness (QED) is 0.657. The minimum absolute atomic E-state index is 0.00813. The number of aliphatic carboxylic acids is 1. The van der Waals surface area contributed by atoms with Gasteiger partial charge in [-0.2, -0.15) is 0 Å². The Balaban J connectivity index is 3.99. The minimum atomic E-state index is -0.794. The van der Waals surface area contributed by atoms with Gasteiger partial charge in [-0.05, 0) is 40.3 Å². The number of amides is 1. The van der Waals surface area contributed by atoms with E-state index in [1.54, 1.807) is 0 Å². The maximum atomic E-state index is 11.9. The predicted octanol–water partition coefficient (Wildman–Crippen LogP) is 1.48. The minimum Gasteiger partial charge on any atom is -0.481 e. The van der Waals surface area contributed by atoms with Crippen LogP contribution in [0.1, 0.15) is 46.5 Å². The Kier molecular flexibility index (Phi) is 8.37. The molecule has 0 aromatic heterocycles. The second kappa shape index (κ2) is 8.91. The monoisotopic (exact) mass is 258 g/mol. The van der Waals surface area contributed by atoms with Gasteiger partial charge < -0.3 is 10.4 Å². The molecule has 0 aliphatic rings. The van der Waals surface area contributed by atoms with E-state index < -0.39 is 5.97 Å². The van der Waals surface area contributed by atoms with Crippen LogP contribution in [0.25, 0.3) is 0 Å². The van der Waals surface area contributed by atoms with Crippen molar-refractivity contribution in [2.24, 2.45) is 0 Å². The summed E-state index contributed by atoms with van der Waals surface area (Å²) in [5.74, 6) is -0.786. The van der Waals surface area contributed by atoms with Crippen molar-refractivity contribution in [3.63, 3.8) is 0 Å². The van der Waals surface area contributed by atoms with Crippen LogP contribution < -0.4 is 5.32 Å². The van der Waals surface area contributed by atoms with E-state index in [9.17, 15) is 9.59 Å². The summed E-state index contributed by atoms with van der Waals surface area (Å²) in [4.78, 5) is 24.2. The van der Waals surface area contributed by atoms with E-state index in [4.69, 9.17) is 5.11 Å². The summed E-state index contributed by atoms with van der Waals surface area (Å²) in [6.07, 6.45) is 2.73. The zero-order valence-electron chi connectivity index (χ0n) is 11.9. The van der Waals surface area contributed by atoms with Crippen molar-refractivity contribution < 1.29 is 14.7 Å². The SMILES string of the molecule is CCCC(C)NC(=O)C(C)N(C)CCCC(=O)O. The first-order chi connectivity index (χ1) is 8.38. The molecule has 0 radical (unpaired) electrons. The van der Waals surface area contributed by atoms with Crippen LogP contribution in [0, 0.1) is 0 Å². The zero-order valence-corrected chi connectivity index (χ0v) is 11.9. The number of hydrogen-bond donors (Lipinski definition) is 2. The molecule has 0 saturated heterocycles. The molecule has 0 bridgehead atoms. The molecule has 0 spiro atoms. The van der Waals surface area contributed by atoms with E-state index >= 15 is 0 Å². The summed E-state index contributed by atoms with van der Waals surface area (Å²) >= 11 is 0. The smallest absolute Gasteiger partial charge is 0.303 e. The Bertz CT molecular complexity index is 269. The highest BCUT2D eigenvalue weighted by molar-refractivity contribution is 5.81. The van der Waals surface area contributed by atoms with Crippen molar-refractivity contribution in [2.45, 2.75) is 58.5 Å². The van der Waals surface area contributed by atoms with Crippen LogP contribution in [0.5, 0.6) is 0 Å². The van der Waals surface area contributed by atoms with Crippen LogP contribution in [0.2, 0.25) is 0 Å². The normalized spacial score (nSPS) is 14.3. The first-order valence-electron chi connectivity index (χ1n) is 6.60.